The summed E-state index contributed by atoms with van der Waals surface area (Å²) >= 11 is 1.74. The highest BCUT2D eigenvalue weighted by Gasteiger charge is 2.43. The van der Waals surface area contributed by atoms with Crippen molar-refractivity contribution >= 4 is 17.3 Å². The van der Waals surface area contributed by atoms with E-state index in [9.17, 15) is 9.90 Å². The van der Waals surface area contributed by atoms with Crippen LogP contribution in [0.3, 0.4) is 0 Å². The molecule has 0 saturated heterocycles. The smallest absolute Gasteiger partial charge is 0.310 e. The Hall–Kier alpha value is -0.870. The highest BCUT2D eigenvalue weighted by molar-refractivity contribution is 7.10. The van der Waals surface area contributed by atoms with E-state index in [1.807, 2.05) is 7.05 Å². The van der Waals surface area contributed by atoms with Crippen molar-refractivity contribution in [1.82, 2.24) is 4.90 Å². The molecule has 1 aliphatic rings. The van der Waals surface area contributed by atoms with Crippen LogP contribution in [0.5, 0.6) is 0 Å². The first kappa shape index (κ1) is 15.5. The zero-order valence-corrected chi connectivity index (χ0v) is 13.4. The fraction of sp³-hybridized carbons (Fsp3) is 0.688. The maximum absolute atomic E-state index is 11.8. The van der Waals surface area contributed by atoms with Crippen LogP contribution in [-0.4, -0.2) is 29.6 Å². The number of rotatable bonds is 5. The molecule has 1 N–H and O–H groups in total. The largest absolute Gasteiger partial charge is 0.481 e. The molecule has 1 saturated carbocycles. The average Bonchev–Trinajstić information content (AvgIpc) is 2.91. The van der Waals surface area contributed by atoms with E-state index < -0.39 is 11.4 Å². The first-order valence-corrected chi connectivity index (χ1v) is 8.29. The highest BCUT2D eigenvalue weighted by atomic mass is 32.1. The van der Waals surface area contributed by atoms with Crippen molar-refractivity contribution in [1.29, 1.82) is 0 Å². The summed E-state index contributed by atoms with van der Waals surface area (Å²) in [7, 11) is 2.05. The Morgan fingerprint density at radius 2 is 2.40 bits per heavy atom. The number of hydrogen-bond acceptors (Lipinski definition) is 3. The first-order valence-electron chi connectivity index (χ1n) is 7.42. The normalized spacial score (nSPS) is 28.5. The molecule has 0 aliphatic heterocycles. The molecule has 1 aromatic heterocycles. The first-order chi connectivity index (χ1) is 9.44. The number of carbonyl (C=O) groups is 1. The van der Waals surface area contributed by atoms with E-state index in [0.717, 1.165) is 19.3 Å². The van der Waals surface area contributed by atoms with Crippen LogP contribution in [0, 0.1) is 11.3 Å². The minimum atomic E-state index is -0.616. The van der Waals surface area contributed by atoms with Gasteiger partial charge in [-0.1, -0.05) is 25.8 Å². The van der Waals surface area contributed by atoms with Gasteiger partial charge in [0.2, 0.25) is 0 Å². The van der Waals surface area contributed by atoms with E-state index >= 15 is 0 Å². The standard InChI is InChI=1S/C16H25NO2S/c1-12-6-4-8-16(10-12,15(18)19)11-17(3)13(2)14-7-5-9-20-14/h5,7,9,12-13H,4,6,8,10-11H2,1-3H3,(H,18,19). The lowest BCUT2D eigenvalue weighted by atomic mass is 9.69. The minimum Gasteiger partial charge on any atom is -0.481 e. The van der Waals surface area contributed by atoms with Crippen molar-refractivity contribution in [3.05, 3.63) is 22.4 Å². The summed E-state index contributed by atoms with van der Waals surface area (Å²) in [5, 5.41) is 11.8. The molecule has 0 radical (unpaired) electrons. The van der Waals surface area contributed by atoms with Crippen molar-refractivity contribution in [2.24, 2.45) is 11.3 Å². The average molecular weight is 295 g/mol. The van der Waals surface area contributed by atoms with Crippen molar-refractivity contribution < 1.29 is 9.90 Å². The lowest BCUT2D eigenvalue weighted by molar-refractivity contribution is -0.153. The molecular weight excluding hydrogens is 270 g/mol. The van der Waals surface area contributed by atoms with E-state index in [0.29, 0.717) is 12.5 Å². The number of hydrogen-bond donors (Lipinski definition) is 1. The predicted molar refractivity (Wildman–Crippen MR) is 83.1 cm³/mol. The third-order valence-corrected chi connectivity index (χ3v) is 5.76. The van der Waals surface area contributed by atoms with Crippen LogP contribution in [0.25, 0.3) is 0 Å². The van der Waals surface area contributed by atoms with E-state index in [1.165, 1.54) is 11.3 Å². The van der Waals surface area contributed by atoms with Gasteiger partial charge in [-0.25, -0.2) is 0 Å². The number of aliphatic carboxylic acids is 1. The van der Waals surface area contributed by atoms with Gasteiger partial charge >= 0.3 is 5.97 Å². The molecule has 0 aromatic carbocycles. The molecule has 0 bridgehead atoms. The molecule has 0 amide bonds. The second kappa shape index (κ2) is 6.27. The van der Waals surface area contributed by atoms with Gasteiger partial charge in [0.1, 0.15) is 0 Å². The molecule has 0 spiro atoms. The third kappa shape index (κ3) is 3.23. The molecular formula is C16H25NO2S. The van der Waals surface area contributed by atoms with Gasteiger partial charge in [-0.15, -0.1) is 11.3 Å². The van der Waals surface area contributed by atoms with Crippen LogP contribution in [0.2, 0.25) is 0 Å². The number of carboxylic acid groups (broad SMARTS) is 1. The molecule has 3 nitrogen and oxygen atoms in total. The van der Waals surface area contributed by atoms with E-state index in [-0.39, 0.29) is 6.04 Å². The Morgan fingerprint density at radius 3 is 2.95 bits per heavy atom. The molecule has 1 aliphatic carbocycles. The summed E-state index contributed by atoms with van der Waals surface area (Å²) in [5.74, 6) is -0.0976. The van der Waals surface area contributed by atoms with E-state index in [4.69, 9.17) is 0 Å². The quantitative estimate of drug-likeness (QED) is 0.892. The molecule has 1 fully saturated rings. The third-order valence-electron chi connectivity index (χ3n) is 4.71. The summed E-state index contributed by atoms with van der Waals surface area (Å²) in [5.41, 5.74) is -0.558. The Kier molecular flexibility index (Phi) is 4.86. The molecule has 4 heteroatoms. The van der Waals surface area contributed by atoms with Crippen LogP contribution in [0.15, 0.2) is 17.5 Å². The van der Waals surface area contributed by atoms with Gasteiger partial charge in [-0.2, -0.15) is 0 Å². The van der Waals surface area contributed by atoms with Gasteiger partial charge in [0.05, 0.1) is 5.41 Å². The van der Waals surface area contributed by atoms with Crippen LogP contribution >= 0.6 is 11.3 Å². The minimum absolute atomic E-state index is 0.281. The van der Waals surface area contributed by atoms with Crippen molar-refractivity contribution in [2.75, 3.05) is 13.6 Å². The van der Waals surface area contributed by atoms with Crippen molar-refractivity contribution in [3.8, 4) is 0 Å². The fourth-order valence-corrected chi connectivity index (χ4v) is 4.27. The number of thiophene rings is 1. The molecule has 1 heterocycles. The molecule has 2 rings (SSSR count). The monoisotopic (exact) mass is 295 g/mol. The van der Waals surface area contributed by atoms with Gasteiger partial charge < -0.3 is 5.11 Å². The van der Waals surface area contributed by atoms with Crippen LogP contribution in [0.4, 0.5) is 0 Å². The Labute approximate surface area is 125 Å². The van der Waals surface area contributed by atoms with Gasteiger partial charge in [-0.3, -0.25) is 9.69 Å². The lowest BCUT2D eigenvalue weighted by Crippen LogP contribution is -2.45. The van der Waals surface area contributed by atoms with Crippen molar-refractivity contribution in [2.45, 2.75) is 45.6 Å². The SMILES string of the molecule is CC1CCCC(CN(C)C(C)c2cccs2)(C(=O)O)C1. The maximum atomic E-state index is 11.8. The van der Waals surface area contributed by atoms with Gasteiger partial charge in [0, 0.05) is 17.5 Å². The van der Waals surface area contributed by atoms with Crippen LogP contribution < -0.4 is 0 Å². The highest BCUT2D eigenvalue weighted by Crippen LogP contribution is 2.41. The molecule has 3 atom stereocenters. The van der Waals surface area contributed by atoms with Crippen LogP contribution in [0.1, 0.15) is 50.4 Å². The van der Waals surface area contributed by atoms with Crippen molar-refractivity contribution in [3.63, 3.8) is 0 Å². The van der Waals surface area contributed by atoms with Gasteiger partial charge in [0.15, 0.2) is 0 Å². The molecule has 112 valence electrons. The van der Waals surface area contributed by atoms with Gasteiger partial charge in [0.25, 0.3) is 0 Å². The van der Waals surface area contributed by atoms with E-state index in [1.54, 1.807) is 11.3 Å². The maximum Gasteiger partial charge on any atom is 0.310 e. The summed E-state index contributed by atoms with van der Waals surface area (Å²) in [4.78, 5) is 15.4. The summed E-state index contributed by atoms with van der Waals surface area (Å²) in [6, 6.07) is 4.46. The topological polar surface area (TPSA) is 40.5 Å². The number of carboxylic acids is 1. The summed E-state index contributed by atoms with van der Waals surface area (Å²) < 4.78 is 0. The fourth-order valence-electron chi connectivity index (χ4n) is 3.43. The van der Waals surface area contributed by atoms with Gasteiger partial charge in [-0.05, 0) is 44.2 Å². The second-order valence-corrected chi connectivity index (χ2v) is 7.37. The second-order valence-electron chi connectivity index (χ2n) is 6.39. The summed E-state index contributed by atoms with van der Waals surface area (Å²) in [6.45, 7) is 4.99. The Balaban J connectivity index is 2.10. The summed E-state index contributed by atoms with van der Waals surface area (Å²) in [6.07, 6.45) is 3.83. The predicted octanol–water partition coefficient (Wildman–Crippen LogP) is 4.02. The zero-order chi connectivity index (χ0) is 14.8. The van der Waals surface area contributed by atoms with E-state index in [2.05, 4.69) is 36.3 Å². The van der Waals surface area contributed by atoms with Crippen LogP contribution in [-0.2, 0) is 4.79 Å². The molecule has 3 unspecified atom stereocenters. The Bertz CT molecular complexity index is 445. The molecule has 20 heavy (non-hydrogen) atoms. The lowest BCUT2D eigenvalue weighted by Gasteiger charge is -2.40. The molecule has 1 aromatic rings. The zero-order valence-electron chi connectivity index (χ0n) is 12.6. The number of nitrogens with zero attached hydrogens (tertiary/aromatic N) is 1. The Morgan fingerprint density at radius 1 is 1.65 bits per heavy atom.